The minimum absolute atomic E-state index is 0.320. The Labute approximate surface area is 111 Å². The minimum atomic E-state index is -1.67. The molecule has 2 atom stereocenters. The zero-order valence-electron chi connectivity index (χ0n) is 12.4. The molecule has 0 rings (SSSR count). The smallest absolute Gasteiger partial charge is 0.335 e. The van der Waals surface area contributed by atoms with Crippen LogP contribution in [0.25, 0.3) is 0 Å². The molecule has 0 aliphatic rings. The topological polar surface area (TPSA) is 44.8 Å². The quantitative estimate of drug-likeness (QED) is 0.294. The minimum Gasteiger partial charge on any atom is -0.432 e. The number of esters is 1. The molecule has 0 aliphatic heterocycles. The SMILES string of the molecule is C=C(C)C(=O)OC(CC)OC(CC)O[Si](C)(C)C. The van der Waals surface area contributed by atoms with E-state index in [4.69, 9.17) is 13.9 Å². The van der Waals surface area contributed by atoms with Gasteiger partial charge < -0.3 is 13.9 Å². The monoisotopic (exact) mass is 274 g/mol. The van der Waals surface area contributed by atoms with E-state index < -0.39 is 20.6 Å². The molecular weight excluding hydrogens is 248 g/mol. The predicted molar refractivity (Wildman–Crippen MR) is 74.6 cm³/mol. The zero-order valence-corrected chi connectivity index (χ0v) is 13.4. The molecule has 0 radical (unpaired) electrons. The van der Waals surface area contributed by atoms with Gasteiger partial charge in [0.05, 0.1) is 0 Å². The van der Waals surface area contributed by atoms with E-state index in [-0.39, 0.29) is 6.29 Å². The van der Waals surface area contributed by atoms with Crippen molar-refractivity contribution in [3.8, 4) is 0 Å². The van der Waals surface area contributed by atoms with Crippen molar-refractivity contribution in [2.24, 2.45) is 0 Å². The molecule has 0 aromatic rings. The highest BCUT2D eigenvalue weighted by molar-refractivity contribution is 6.69. The fourth-order valence-electron chi connectivity index (χ4n) is 1.20. The van der Waals surface area contributed by atoms with Crippen molar-refractivity contribution in [2.75, 3.05) is 0 Å². The van der Waals surface area contributed by atoms with Gasteiger partial charge in [0.15, 0.2) is 14.6 Å². The molecule has 0 saturated carbocycles. The van der Waals surface area contributed by atoms with Gasteiger partial charge in [-0.15, -0.1) is 0 Å². The van der Waals surface area contributed by atoms with E-state index in [9.17, 15) is 4.79 Å². The van der Waals surface area contributed by atoms with Crippen LogP contribution in [0.3, 0.4) is 0 Å². The molecule has 0 N–H and O–H groups in total. The average molecular weight is 274 g/mol. The van der Waals surface area contributed by atoms with Crippen molar-refractivity contribution in [1.29, 1.82) is 0 Å². The van der Waals surface area contributed by atoms with Gasteiger partial charge in [-0.25, -0.2) is 4.79 Å². The summed E-state index contributed by atoms with van der Waals surface area (Å²) in [6.45, 7) is 15.3. The molecule has 0 aromatic carbocycles. The summed E-state index contributed by atoms with van der Waals surface area (Å²) in [5, 5.41) is 0. The van der Waals surface area contributed by atoms with Crippen LogP contribution in [0.5, 0.6) is 0 Å². The van der Waals surface area contributed by atoms with Crippen LogP contribution in [0.4, 0.5) is 0 Å². The van der Waals surface area contributed by atoms with Gasteiger partial charge in [0.25, 0.3) is 0 Å². The van der Waals surface area contributed by atoms with Gasteiger partial charge in [0.2, 0.25) is 6.29 Å². The molecular formula is C13H26O4Si. The molecule has 0 bridgehead atoms. The summed E-state index contributed by atoms with van der Waals surface area (Å²) in [6, 6.07) is 0. The van der Waals surface area contributed by atoms with E-state index in [0.29, 0.717) is 12.0 Å². The van der Waals surface area contributed by atoms with Crippen molar-refractivity contribution < 1.29 is 18.7 Å². The Bertz CT molecular complexity index is 283. The van der Waals surface area contributed by atoms with Crippen molar-refractivity contribution in [3.63, 3.8) is 0 Å². The molecule has 106 valence electrons. The number of rotatable bonds is 8. The number of hydrogen-bond donors (Lipinski definition) is 0. The Kier molecular flexibility index (Phi) is 7.43. The van der Waals surface area contributed by atoms with E-state index in [1.807, 2.05) is 13.8 Å². The highest BCUT2D eigenvalue weighted by Gasteiger charge is 2.24. The van der Waals surface area contributed by atoms with E-state index >= 15 is 0 Å². The van der Waals surface area contributed by atoms with Crippen LogP contribution in [0.15, 0.2) is 12.2 Å². The first-order chi connectivity index (χ1) is 8.19. The lowest BCUT2D eigenvalue weighted by atomic mass is 10.3. The summed E-state index contributed by atoms with van der Waals surface area (Å²) in [6.07, 6.45) is 0.422. The lowest BCUT2D eigenvalue weighted by molar-refractivity contribution is -0.219. The molecule has 18 heavy (non-hydrogen) atoms. The fraction of sp³-hybridized carbons (Fsp3) is 0.769. The van der Waals surface area contributed by atoms with Gasteiger partial charge in [0, 0.05) is 12.0 Å². The maximum absolute atomic E-state index is 11.4. The van der Waals surface area contributed by atoms with Gasteiger partial charge >= 0.3 is 5.97 Å². The lowest BCUT2D eigenvalue weighted by Gasteiger charge is -2.28. The second-order valence-electron chi connectivity index (χ2n) is 5.23. The number of carbonyl (C=O) groups is 1. The molecule has 0 spiro atoms. The Morgan fingerprint density at radius 2 is 1.67 bits per heavy atom. The van der Waals surface area contributed by atoms with Crippen molar-refractivity contribution in [3.05, 3.63) is 12.2 Å². The van der Waals surface area contributed by atoms with Gasteiger partial charge in [-0.05, 0) is 33.0 Å². The second kappa shape index (κ2) is 7.71. The maximum atomic E-state index is 11.4. The number of ether oxygens (including phenoxy) is 2. The third kappa shape index (κ3) is 7.63. The molecule has 0 fully saturated rings. The summed E-state index contributed by atoms with van der Waals surface area (Å²) in [7, 11) is -1.67. The van der Waals surface area contributed by atoms with Crippen LogP contribution in [-0.2, 0) is 18.7 Å². The predicted octanol–water partition coefficient (Wildman–Crippen LogP) is 3.45. The highest BCUT2D eigenvalue weighted by atomic mass is 28.4. The largest absolute Gasteiger partial charge is 0.432 e. The van der Waals surface area contributed by atoms with Crippen molar-refractivity contribution in [1.82, 2.24) is 0 Å². The molecule has 0 heterocycles. The number of carbonyl (C=O) groups excluding carboxylic acids is 1. The standard InChI is InChI=1S/C13H26O4Si/c1-8-11(16-13(14)10(3)4)15-12(9-2)17-18(5,6)7/h11-12H,3,8-9H2,1-2,4-7H3. The van der Waals surface area contributed by atoms with Crippen LogP contribution in [-0.4, -0.2) is 26.9 Å². The van der Waals surface area contributed by atoms with Crippen LogP contribution in [0.1, 0.15) is 33.6 Å². The molecule has 5 heteroatoms. The second-order valence-corrected chi connectivity index (χ2v) is 9.69. The first-order valence-electron chi connectivity index (χ1n) is 6.39. The van der Waals surface area contributed by atoms with Crippen LogP contribution < -0.4 is 0 Å². The van der Waals surface area contributed by atoms with Crippen molar-refractivity contribution >= 4 is 14.3 Å². The van der Waals surface area contributed by atoms with E-state index in [2.05, 4.69) is 26.2 Å². The van der Waals surface area contributed by atoms with Gasteiger partial charge in [0.1, 0.15) is 0 Å². The van der Waals surface area contributed by atoms with Crippen molar-refractivity contribution in [2.45, 2.75) is 65.8 Å². The van der Waals surface area contributed by atoms with Crippen LogP contribution in [0, 0.1) is 0 Å². The normalized spacial score (nSPS) is 15.0. The summed E-state index contributed by atoms with van der Waals surface area (Å²) in [5.41, 5.74) is 0.371. The lowest BCUT2D eigenvalue weighted by Crippen LogP contribution is -2.36. The molecule has 0 amide bonds. The fourth-order valence-corrected chi connectivity index (χ4v) is 2.21. The van der Waals surface area contributed by atoms with E-state index in [1.54, 1.807) is 6.92 Å². The maximum Gasteiger partial charge on any atom is 0.335 e. The molecule has 0 aliphatic carbocycles. The first-order valence-corrected chi connectivity index (χ1v) is 9.80. The van der Waals surface area contributed by atoms with E-state index in [0.717, 1.165) is 6.42 Å². The summed E-state index contributed by atoms with van der Waals surface area (Å²) < 4.78 is 16.7. The number of hydrogen-bond acceptors (Lipinski definition) is 4. The summed E-state index contributed by atoms with van der Waals surface area (Å²) in [5.74, 6) is -0.426. The molecule has 0 saturated heterocycles. The third-order valence-electron chi connectivity index (χ3n) is 2.04. The van der Waals surface area contributed by atoms with Gasteiger partial charge in [-0.1, -0.05) is 20.4 Å². The summed E-state index contributed by atoms with van der Waals surface area (Å²) in [4.78, 5) is 11.4. The molecule has 0 aromatic heterocycles. The van der Waals surface area contributed by atoms with E-state index in [1.165, 1.54) is 0 Å². The Balaban J connectivity index is 4.40. The molecule has 2 unspecified atom stereocenters. The van der Waals surface area contributed by atoms with Crippen LogP contribution >= 0.6 is 0 Å². The highest BCUT2D eigenvalue weighted by Crippen LogP contribution is 2.15. The Hall–Kier alpha value is -0.653. The zero-order chi connectivity index (χ0) is 14.3. The van der Waals surface area contributed by atoms with Crippen LogP contribution in [0.2, 0.25) is 19.6 Å². The van der Waals surface area contributed by atoms with Gasteiger partial charge in [-0.3, -0.25) is 0 Å². The summed E-state index contributed by atoms with van der Waals surface area (Å²) >= 11 is 0. The Morgan fingerprint density at radius 1 is 1.17 bits per heavy atom. The average Bonchev–Trinajstić information content (AvgIpc) is 2.24. The van der Waals surface area contributed by atoms with Gasteiger partial charge in [-0.2, -0.15) is 0 Å². The third-order valence-corrected chi connectivity index (χ3v) is 3.01. The molecule has 4 nitrogen and oxygen atoms in total. The Morgan fingerprint density at radius 3 is 2.00 bits per heavy atom. The first kappa shape index (κ1) is 17.3.